The zero-order valence-corrected chi connectivity index (χ0v) is 11.9. The van der Waals surface area contributed by atoms with E-state index in [-0.39, 0.29) is 0 Å². The van der Waals surface area contributed by atoms with Crippen LogP contribution in [-0.2, 0) is 13.0 Å². The summed E-state index contributed by atoms with van der Waals surface area (Å²) >= 11 is 0. The molecule has 0 bridgehead atoms. The van der Waals surface area contributed by atoms with E-state index in [1.165, 1.54) is 22.0 Å². The quantitative estimate of drug-likeness (QED) is 0.686. The average Bonchev–Trinajstić information content (AvgIpc) is 2.84. The first-order chi connectivity index (χ1) is 10.3. The fourth-order valence-electron chi connectivity index (χ4n) is 3.42. The van der Waals surface area contributed by atoms with Crippen molar-refractivity contribution in [3.63, 3.8) is 0 Å². The maximum atomic E-state index is 12.4. The number of Topliss-reactive ketones (excluding diaryl/α,β-unsaturated/α-hetero) is 1. The number of ketones is 1. The van der Waals surface area contributed by atoms with Gasteiger partial charge >= 0.3 is 0 Å². The van der Waals surface area contributed by atoms with Gasteiger partial charge in [0, 0.05) is 23.9 Å². The molecule has 0 spiro atoms. The van der Waals surface area contributed by atoms with Gasteiger partial charge in [0.05, 0.1) is 5.69 Å². The highest BCUT2D eigenvalue weighted by molar-refractivity contribution is 6.04. The molecule has 2 heteroatoms. The first-order valence-corrected chi connectivity index (χ1v) is 7.52. The minimum Gasteiger partial charge on any atom is -0.333 e. The van der Waals surface area contributed by atoms with Crippen LogP contribution in [0.3, 0.4) is 0 Å². The molecule has 0 unspecified atom stereocenters. The third kappa shape index (κ3) is 1.99. The fourth-order valence-corrected chi connectivity index (χ4v) is 3.42. The molecular weight excluding hydrogens is 258 g/mol. The van der Waals surface area contributed by atoms with Gasteiger partial charge in [-0.25, -0.2) is 0 Å². The van der Waals surface area contributed by atoms with E-state index in [2.05, 4.69) is 53.1 Å². The highest BCUT2D eigenvalue weighted by atomic mass is 16.1. The summed E-state index contributed by atoms with van der Waals surface area (Å²) in [7, 11) is 0. The second-order valence-electron chi connectivity index (χ2n) is 5.69. The molecule has 2 nitrogen and oxygen atoms in total. The maximum absolute atomic E-state index is 12.4. The van der Waals surface area contributed by atoms with E-state index in [1.807, 2.05) is 6.07 Å². The SMILES string of the molecule is O=C1CCCc2c1n(Cc1ccccc1)c1ccccc21. The Morgan fingerprint density at radius 3 is 2.52 bits per heavy atom. The lowest BCUT2D eigenvalue weighted by Gasteiger charge is -2.15. The van der Waals surface area contributed by atoms with E-state index >= 15 is 0 Å². The zero-order valence-electron chi connectivity index (χ0n) is 11.9. The maximum Gasteiger partial charge on any atom is 0.179 e. The van der Waals surface area contributed by atoms with Crippen LogP contribution < -0.4 is 0 Å². The smallest absolute Gasteiger partial charge is 0.179 e. The van der Waals surface area contributed by atoms with Crippen molar-refractivity contribution < 1.29 is 4.79 Å². The highest BCUT2D eigenvalue weighted by Gasteiger charge is 2.25. The summed E-state index contributed by atoms with van der Waals surface area (Å²) in [4.78, 5) is 12.4. The molecule has 0 fully saturated rings. The van der Waals surface area contributed by atoms with Gasteiger partial charge in [0.25, 0.3) is 0 Å². The number of nitrogens with zero attached hydrogens (tertiary/aromatic N) is 1. The van der Waals surface area contributed by atoms with Crippen molar-refractivity contribution >= 4 is 16.7 Å². The summed E-state index contributed by atoms with van der Waals surface area (Å²) in [6, 6.07) is 18.8. The number of benzene rings is 2. The van der Waals surface area contributed by atoms with Crippen molar-refractivity contribution in [1.82, 2.24) is 4.57 Å². The van der Waals surface area contributed by atoms with Crippen LogP contribution in [0.25, 0.3) is 10.9 Å². The average molecular weight is 275 g/mol. The van der Waals surface area contributed by atoms with Crippen LogP contribution in [-0.4, -0.2) is 10.4 Å². The molecule has 0 saturated heterocycles. The third-order valence-electron chi connectivity index (χ3n) is 4.35. The summed E-state index contributed by atoms with van der Waals surface area (Å²) in [5.74, 6) is 0.295. The molecule has 4 rings (SSSR count). The predicted octanol–water partition coefficient (Wildman–Crippen LogP) is 4.21. The van der Waals surface area contributed by atoms with E-state index in [4.69, 9.17) is 0 Å². The monoisotopic (exact) mass is 275 g/mol. The largest absolute Gasteiger partial charge is 0.333 e. The molecule has 0 N–H and O–H groups in total. The second-order valence-corrected chi connectivity index (χ2v) is 5.69. The number of aryl methyl sites for hydroxylation is 1. The lowest BCUT2D eigenvalue weighted by molar-refractivity contribution is 0.0964. The van der Waals surface area contributed by atoms with Gasteiger partial charge in [0.2, 0.25) is 0 Å². The Balaban J connectivity index is 1.95. The molecular formula is C19H17NO. The Kier molecular flexibility index (Phi) is 2.88. The first-order valence-electron chi connectivity index (χ1n) is 7.52. The molecule has 0 atom stereocenters. The minimum absolute atomic E-state index is 0.295. The van der Waals surface area contributed by atoms with Gasteiger partial charge in [-0.1, -0.05) is 48.5 Å². The van der Waals surface area contributed by atoms with Gasteiger partial charge in [-0.2, -0.15) is 0 Å². The lowest BCUT2D eigenvalue weighted by atomic mass is 9.94. The van der Waals surface area contributed by atoms with Gasteiger partial charge < -0.3 is 4.57 Å². The first kappa shape index (κ1) is 12.4. The van der Waals surface area contributed by atoms with Crippen molar-refractivity contribution in [2.75, 3.05) is 0 Å². The van der Waals surface area contributed by atoms with Crippen LogP contribution in [0.15, 0.2) is 54.6 Å². The van der Waals surface area contributed by atoms with Crippen LogP contribution >= 0.6 is 0 Å². The summed E-state index contributed by atoms with van der Waals surface area (Å²) in [5, 5.41) is 1.25. The molecule has 1 aromatic heterocycles. The van der Waals surface area contributed by atoms with Gasteiger partial charge in [0.1, 0.15) is 0 Å². The normalized spacial score (nSPS) is 14.4. The minimum atomic E-state index is 0.295. The standard InChI is InChI=1S/C19H17NO/c21-18-12-6-10-16-15-9-4-5-11-17(15)20(19(16)18)13-14-7-2-1-3-8-14/h1-5,7-9,11H,6,10,12-13H2. The number of para-hydroxylation sites is 1. The molecule has 2 aromatic carbocycles. The van der Waals surface area contributed by atoms with Crippen molar-refractivity contribution in [1.29, 1.82) is 0 Å². The third-order valence-corrected chi connectivity index (χ3v) is 4.35. The van der Waals surface area contributed by atoms with Crippen molar-refractivity contribution in [3.8, 4) is 0 Å². The number of carbonyl (C=O) groups excluding carboxylic acids is 1. The molecule has 1 aliphatic rings. The van der Waals surface area contributed by atoms with E-state index < -0.39 is 0 Å². The fraction of sp³-hybridized carbons (Fsp3) is 0.211. The van der Waals surface area contributed by atoms with Gasteiger partial charge in [-0.3, -0.25) is 4.79 Å². The Labute approximate surface area is 124 Å². The highest BCUT2D eigenvalue weighted by Crippen LogP contribution is 2.32. The van der Waals surface area contributed by atoms with E-state index in [0.29, 0.717) is 12.2 Å². The van der Waals surface area contributed by atoms with E-state index in [1.54, 1.807) is 0 Å². The molecule has 0 radical (unpaired) electrons. The number of fused-ring (bicyclic) bond motifs is 3. The summed E-state index contributed by atoms with van der Waals surface area (Å²) in [5.41, 5.74) is 4.60. The lowest BCUT2D eigenvalue weighted by Crippen LogP contribution is -2.15. The Hall–Kier alpha value is -2.35. The van der Waals surface area contributed by atoms with Gasteiger partial charge in [-0.05, 0) is 30.0 Å². The number of carbonyl (C=O) groups is 1. The topological polar surface area (TPSA) is 22.0 Å². The van der Waals surface area contributed by atoms with Crippen LogP contribution in [0.1, 0.15) is 34.5 Å². The Morgan fingerprint density at radius 1 is 0.905 bits per heavy atom. The van der Waals surface area contributed by atoms with Gasteiger partial charge in [-0.15, -0.1) is 0 Å². The number of rotatable bonds is 2. The summed E-state index contributed by atoms with van der Waals surface area (Å²) in [6.07, 6.45) is 2.67. The molecule has 0 amide bonds. The summed E-state index contributed by atoms with van der Waals surface area (Å²) < 4.78 is 2.21. The van der Waals surface area contributed by atoms with E-state index in [9.17, 15) is 4.79 Å². The molecule has 1 heterocycles. The van der Waals surface area contributed by atoms with Crippen LogP contribution in [0.4, 0.5) is 0 Å². The number of aromatic nitrogens is 1. The Bertz CT molecular complexity index is 814. The number of hydrogen-bond donors (Lipinski definition) is 0. The van der Waals surface area contributed by atoms with Crippen LogP contribution in [0, 0.1) is 0 Å². The Morgan fingerprint density at radius 2 is 1.67 bits per heavy atom. The molecule has 1 aliphatic carbocycles. The molecule has 0 saturated carbocycles. The molecule has 3 aromatic rings. The number of hydrogen-bond acceptors (Lipinski definition) is 1. The molecule has 104 valence electrons. The molecule has 21 heavy (non-hydrogen) atoms. The second kappa shape index (κ2) is 4.88. The van der Waals surface area contributed by atoms with Crippen LogP contribution in [0.5, 0.6) is 0 Å². The van der Waals surface area contributed by atoms with Crippen molar-refractivity contribution in [3.05, 3.63) is 71.4 Å². The van der Waals surface area contributed by atoms with Gasteiger partial charge in [0.15, 0.2) is 5.78 Å². The molecule has 0 aliphatic heterocycles. The van der Waals surface area contributed by atoms with Crippen molar-refractivity contribution in [2.45, 2.75) is 25.8 Å². The predicted molar refractivity (Wildman–Crippen MR) is 84.8 cm³/mol. The van der Waals surface area contributed by atoms with Crippen molar-refractivity contribution in [2.24, 2.45) is 0 Å². The van der Waals surface area contributed by atoms with Crippen LogP contribution in [0.2, 0.25) is 0 Å². The summed E-state index contributed by atoms with van der Waals surface area (Å²) in [6.45, 7) is 0.766. The zero-order chi connectivity index (χ0) is 14.2. The van der Waals surface area contributed by atoms with E-state index in [0.717, 1.165) is 25.1 Å².